The number of carbonyl (C=O) groups excluding carboxylic acids is 1. The van der Waals surface area contributed by atoms with Gasteiger partial charge in [-0.2, -0.15) is 0 Å². The van der Waals surface area contributed by atoms with Crippen molar-refractivity contribution < 1.29 is 19.2 Å². The summed E-state index contributed by atoms with van der Waals surface area (Å²) in [5.41, 5.74) is 1.53. The van der Waals surface area contributed by atoms with Crippen molar-refractivity contribution in [3.63, 3.8) is 0 Å². The molecule has 0 radical (unpaired) electrons. The second kappa shape index (κ2) is 8.07. The van der Waals surface area contributed by atoms with Gasteiger partial charge in [-0.1, -0.05) is 24.6 Å². The van der Waals surface area contributed by atoms with Gasteiger partial charge in [0.05, 0.1) is 17.2 Å². The third kappa shape index (κ3) is 4.19. The highest BCUT2D eigenvalue weighted by Gasteiger charge is 2.34. The number of amides is 1. The van der Waals surface area contributed by atoms with E-state index in [4.69, 9.17) is 9.47 Å². The number of anilines is 1. The van der Waals surface area contributed by atoms with Crippen molar-refractivity contribution in [1.29, 1.82) is 0 Å². The minimum absolute atomic E-state index is 0.0685. The molecular weight excluding hydrogens is 348 g/mol. The van der Waals surface area contributed by atoms with Crippen LogP contribution in [0.4, 0.5) is 11.4 Å². The van der Waals surface area contributed by atoms with Gasteiger partial charge in [0.25, 0.3) is 11.6 Å². The predicted molar refractivity (Wildman–Crippen MR) is 101 cm³/mol. The summed E-state index contributed by atoms with van der Waals surface area (Å²) in [5, 5.41) is 11.1. The number of nitro benzene ring substituents is 1. The Labute approximate surface area is 157 Å². The highest BCUT2D eigenvalue weighted by molar-refractivity contribution is 6.00. The van der Waals surface area contributed by atoms with Gasteiger partial charge in [0.15, 0.2) is 6.10 Å². The number of non-ortho nitro benzene ring substituents is 1. The molecule has 142 valence electrons. The van der Waals surface area contributed by atoms with Gasteiger partial charge < -0.3 is 14.4 Å². The van der Waals surface area contributed by atoms with Crippen molar-refractivity contribution in [2.45, 2.75) is 32.8 Å². The summed E-state index contributed by atoms with van der Waals surface area (Å²) in [6.45, 7) is 4.72. The van der Waals surface area contributed by atoms with Crippen molar-refractivity contribution in [1.82, 2.24) is 0 Å². The number of hydrogen-bond donors (Lipinski definition) is 0. The molecule has 3 rings (SSSR count). The molecule has 2 aromatic carbocycles. The minimum Gasteiger partial charge on any atom is -0.494 e. The van der Waals surface area contributed by atoms with E-state index in [2.05, 4.69) is 0 Å². The fraction of sp³-hybridized carbons (Fsp3) is 0.350. The Bertz CT molecular complexity index is 835. The third-order valence-corrected chi connectivity index (χ3v) is 4.44. The summed E-state index contributed by atoms with van der Waals surface area (Å²) in [6.07, 6.45) is 0.557. The maximum absolute atomic E-state index is 12.7. The average Bonchev–Trinajstić information content (AvgIpc) is 2.67. The van der Waals surface area contributed by atoms with Crippen molar-refractivity contribution in [3.8, 4) is 11.5 Å². The van der Waals surface area contributed by atoms with Crippen LogP contribution >= 0.6 is 0 Å². The van der Waals surface area contributed by atoms with Crippen molar-refractivity contribution in [2.75, 3.05) is 18.1 Å². The Balaban J connectivity index is 1.70. The maximum Gasteiger partial charge on any atom is 0.271 e. The molecule has 0 saturated heterocycles. The third-order valence-electron chi connectivity index (χ3n) is 4.44. The zero-order valence-corrected chi connectivity index (χ0v) is 15.4. The molecule has 7 heteroatoms. The van der Waals surface area contributed by atoms with Crippen LogP contribution in [0, 0.1) is 17.0 Å². The summed E-state index contributed by atoms with van der Waals surface area (Å²) in [4.78, 5) is 24.9. The lowest BCUT2D eigenvalue weighted by Gasteiger charge is -2.33. The molecule has 0 fully saturated rings. The topological polar surface area (TPSA) is 81.9 Å². The lowest BCUT2D eigenvalue weighted by atomic mass is 10.1. The monoisotopic (exact) mass is 370 g/mol. The van der Waals surface area contributed by atoms with Gasteiger partial charge in [0.1, 0.15) is 11.5 Å². The number of hydrogen-bond acceptors (Lipinski definition) is 5. The van der Waals surface area contributed by atoms with Gasteiger partial charge >= 0.3 is 0 Å². The number of rotatable bonds is 7. The van der Waals surface area contributed by atoms with E-state index < -0.39 is 11.0 Å². The second-order valence-corrected chi connectivity index (χ2v) is 6.43. The Kier molecular flexibility index (Phi) is 5.59. The Morgan fingerprint density at radius 3 is 2.63 bits per heavy atom. The molecule has 1 heterocycles. The van der Waals surface area contributed by atoms with Crippen LogP contribution in [0.15, 0.2) is 42.5 Å². The average molecular weight is 370 g/mol. The molecule has 0 bridgehead atoms. The van der Waals surface area contributed by atoms with Crippen LogP contribution in [0.2, 0.25) is 0 Å². The van der Waals surface area contributed by atoms with E-state index in [1.165, 1.54) is 12.1 Å². The molecule has 0 saturated carbocycles. The van der Waals surface area contributed by atoms with Crippen LogP contribution < -0.4 is 14.4 Å². The molecule has 1 aliphatic rings. The fourth-order valence-corrected chi connectivity index (χ4v) is 2.96. The first-order valence-corrected chi connectivity index (χ1v) is 8.95. The molecule has 1 aliphatic heterocycles. The van der Waals surface area contributed by atoms with Crippen LogP contribution in [-0.4, -0.2) is 30.1 Å². The Morgan fingerprint density at radius 2 is 1.96 bits per heavy atom. The number of nitrogens with zero attached hydrogens (tertiary/aromatic N) is 2. The molecule has 2 aromatic rings. The van der Waals surface area contributed by atoms with E-state index in [9.17, 15) is 14.9 Å². The summed E-state index contributed by atoms with van der Waals surface area (Å²) in [7, 11) is 0. The smallest absolute Gasteiger partial charge is 0.271 e. The molecule has 0 aliphatic carbocycles. The van der Waals surface area contributed by atoms with Crippen LogP contribution in [0.3, 0.4) is 0 Å². The quantitative estimate of drug-likeness (QED) is 0.420. The highest BCUT2D eigenvalue weighted by Crippen LogP contribution is 2.37. The molecular formula is C20H22N2O5. The van der Waals surface area contributed by atoms with E-state index in [-0.39, 0.29) is 11.6 Å². The number of aryl methyl sites for hydroxylation is 1. The lowest BCUT2D eigenvalue weighted by Crippen LogP contribution is -2.46. The zero-order chi connectivity index (χ0) is 19.4. The predicted octanol–water partition coefficient (Wildman–Crippen LogP) is 3.88. The number of nitro groups is 1. The van der Waals surface area contributed by atoms with Gasteiger partial charge in [0, 0.05) is 18.7 Å². The van der Waals surface area contributed by atoms with E-state index >= 15 is 0 Å². The second-order valence-electron chi connectivity index (χ2n) is 6.43. The number of ether oxygens (including phenoxy) is 2. The largest absolute Gasteiger partial charge is 0.494 e. The van der Waals surface area contributed by atoms with Crippen molar-refractivity contribution >= 4 is 17.3 Å². The molecule has 27 heavy (non-hydrogen) atoms. The first-order chi connectivity index (χ1) is 13.0. The van der Waals surface area contributed by atoms with Gasteiger partial charge in [-0.05, 0) is 38.0 Å². The van der Waals surface area contributed by atoms with Crippen LogP contribution in [-0.2, 0) is 4.79 Å². The molecule has 1 atom stereocenters. The SMILES string of the molecule is CCC1Oc2ccc([N+](=O)[O-])cc2N(CCCOc2ccc(C)cc2)C1=O. The molecule has 1 unspecified atom stereocenters. The summed E-state index contributed by atoms with van der Waals surface area (Å²) >= 11 is 0. The number of carbonyl (C=O) groups is 1. The fourth-order valence-electron chi connectivity index (χ4n) is 2.96. The maximum atomic E-state index is 12.7. The summed E-state index contributed by atoms with van der Waals surface area (Å²) in [6, 6.07) is 12.1. The van der Waals surface area contributed by atoms with Crippen LogP contribution in [0.1, 0.15) is 25.3 Å². The van der Waals surface area contributed by atoms with E-state index in [1.807, 2.05) is 38.1 Å². The number of fused-ring (bicyclic) bond motifs is 1. The normalized spacial score (nSPS) is 15.9. The lowest BCUT2D eigenvalue weighted by molar-refractivity contribution is -0.384. The molecule has 7 nitrogen and oxygen atoms in total. The first-order valence-electron chi connectivity index (χ1n) is 8.95. The van der Waals surface area contributed by atoms with Crippen LogP contribution in [0.25, 0.3) is 0 Å². The standard InChI is InChI=1S/C20H22N2O5/c1-3-18-20(23)21(11-4-12-26-16-8-5-14(2)6-9-16)17-13-15(22(24)25)7-10-19(17)27-18/h5-10,13,18H,3-4,11-12H2,1-2H3. The van der Waals surface area contributed by atoms with E-state index in [0.29, 0.717) is 37.4 Å². The van der Waals surface area contributed by atoms with Crippen molar-refractivity contribution in [3.05, 3.63) is 58.1 Å². The molecule has 1 amide bonds. The van der Waals surface area contributed by atoms with E-state index in [1.54, 1.807) is 11.0 Å². The van der Waals surface area contributed by atoms with Gasteiger partial charge in [-0.15, -0.1) is 0 Å². The highest BCUT2D eigenvalue weighted by atomic mass is 16.6. The molecule has 0 N–H and O–H groups in total. The molecule has 0 aromatic heterocycles. The minimum atomic E-state index is -0.572. The van der Waals surface area contributed by atoms with Gasteiger partial charge in [-0.3, -0.25) is 14.9 Å². The van der Waals surface area contributed by atoms with Gasteiger partial charge in [-0.25, -0.2) is 0 Å². The van der Waals surface area contributed by atoms with Crippen LogP contribution in [0.5, 0.6) is 11.5 Å². The Morgan fingerprint density at radius 1 is 1.22 bits per heavy atom. The van der Waals surface area contributed by atoms with Gasteiger partial charge in [0.2, 0.25) is 0 Å². The first kappa shape index (κ1) is 18.7. The number of benzene rings is 2. The Hall–Kier alpha value is -3.09. The summed E-state index contributed by atoms with van der Waals surface area (Å²) < 4.78 is 11.4. The van der Waals surface area contributed by atoms with E-state index in [0.717, 1.165) is 11.3 Å². The molecule has 0 spiro atoms. The summed E-state index contributed by atoms with van der Waals surface area (Å²) in [5.74, 6) is 1.09. The zero-order valence-electron chi connectivity index (χ0n) is 15.4. The van der Waals surface area contributed by atoms with Crippen molar-refractivity contribution in [2.24, 2.45) is 0 Å².